The predicted octanol–water partition coefficient (Wildman–Crippen LogP) is 3.54. The van der Waals surface area contributed by atoms with Crippen LogP contribution in [-0.4, -0.2) is 43.6 Å². The molecular weight excluding hydrogens is 328 g/mol. The quantitative estimate of drug-likeness (QED) is 0.785. The summed E-state index contributed by atoms with van der Waals surface area (Å²) in [6.45, 7) is 4.23. The molecule has 0 saturated carbocycles. The predicted molar refractivity (Wildman–Crippen MR) is 102 cm³/mol. The van der Waals surface area contributed by atoms with E-state index in [1.165, 1.54) is 0 Å². The number of ether oxygens (including phenoxy) is 1. The molecule has 0 bridgehead atoms. The normalized spacial score (nSPS) is 17.5. The SMILES string of the molecule is COc1ccc2c(-c3ccccc3)c(C(=O)N3CCNC(C)C3)oc2c1. The van der Waals surface area contributed by atoms with E-state index in [0.29, 0.717) is 30.2 Å². The first-order chi connectivity index (χ1) is 12.7. The van der Waals surface area contributed by atoms with Gasteiger partial charge in [-0.05, 0) is 24.6 Å². The van der Waals surface area contributed by atoms with Crippen molar-refractivity contribution in [2.45, 2.75) is 13.0 Å². The van der Waals surface area contributed by atoms with Gasteiger partial charge in [-0.15, -0.1) is 0 Å². The molecule has 4 rings (SSSR count). The standard InChI is InChI=1S/C21H22N2O3/c1-14-13-23(11-10-22-14)21(24)20-19(15-6-4-3-5-7-15)17-9-8-16(25-2)12-18(17)26-20/h3-9,12,14,22H,10-11,13H2,1-2H3. The molecule has 134 valence electrons. The average molecular weight is 350 g/mol. The Kier molecular flexibility index (Phi) is 4.39. The molecule has 1 atom stereocenters. The van der Waals surface area contributed by atoms with Gasteiger partial charge in [-0.2, -0.15) is 0 Å². The molecule has 3 aromatic rings. The third kappa shape index (κ3) is 2.95. The highest BCUT2D eigenvalue weighted by Crippen LogP contribution is 2.37. The van der Waals surface area contributed by atoms with Gasteiger partial charge in [0.25, 0.3) is 5.91 Å². The van der Waals surface area contributed by atoms with Gasteiger partial charge in [-0.25, -0.2) is 0 Å². The van der Waals surface area contributed by atoms with Gasteiger partial charge in [0.1, 0.15) is 11.3 Å². The Labute approximate surface area is 152 Å². The van der Waals surface area contributed by atoms with Crippen molar-refractivity contribution >= 4 is 16.9 Å². The number of methoxy groups -OCH3 is 1. The van der Waals surface area contributed by atoms with Crippen LogP contribution in [0.4, 0.5) is 0 Å². The lowest BCUT2D eigenvalue weighted by Gasteiger charge is -2.31. The Hall–Kier alpha value is -2.79. The number of carbonyl (C=O) groups excluding carboxylic acids is 1. The lowest BCUT2D eigenvalue weighted by atomic mass is 10.0. The molecule has 0 aliphatic carbocycles. The molecule has 1 aliphatic heterocycles. The van der Waals surface area contributed by atoms with Crippen LogP contribution in [0.1, 0.15) is 17.5 Å². The number of amides is 1. The van der Waals surface area contributed by atoms with Gasteiger partial charge in [0.05, 0.1) is 7.11 Å². The monoisotopic (exact) mass is 350 g/mol. The van der Waals surface area contributed by atoms with Crippen molar-refractivity contribution in [3.63, 3.8) is 0 Å². The first-order valence-corrected chi connectivity index (χ1v) is 8.86. The first-order valence-electron chi connectivity index (χ1n) is 8.86. The van der Waals surface area contributed by atoms with Crippen LogP contribution in [0.25, 0.3) is 22.1 Å². The van der Waals surface area contributed by atoms with E-state index in [9.17, 15) is 4.79 Å². The van der Waals surface area contributed by atoms with E-state index in [1.807, 2.05) is 53.4 Å². The number of piperazine rings is 1. The van der Waals surface area contributed by atoms with Crippen molar-refractivity contribution in [1.82, 2.24) is 10.2 Å². The van der Waals surface area contributed by atoms with Gasteiger partial charge in [0.2, 0.25) is 5.76 Å². The van der Waals surface area contributed by atoms with Crippen molar-refractivity contribution in [2.24, 2.45) is 0 Å². The van der Waals surface area contributed by atoms with E-state index in [-0.39, 0.29) is 11.9 Å². The summed E-state index contributed by atoms with van der Waals surface area (Å²) < 4.78 is 11.4. The minimum Gasteiger partial charge on any atom is -0.497 e. The number of fused-ring (bicyclic) bond motifs is 1. The molecule has 1 aliphatic rings. The van der Waals surface area contributed by atoms with Crippen molar-refractivity contribution in [3.8, 4) is 16.9 Å². The average Bonchev–Trinajstić information content (AvgIpc) is 3.06. The van der Waals surface area contributed by atoms with E-state index in [0.717, 1.165) is 23.1 Å². The second-order valence-corrected chi connectivity index (χ2v) is 6.64. The summed E-state index contributed by atoms with van der Waals surface area (Å²) in [5, 5.41) is 4.29. The van der Waals surface area contributed by atoms with Crippen molar-refractivity contribution in [2.75, 3.05) is 26.7 Å². The Balaban J connectivity index is 1.86. The topological polar surface area (TPSA) is 54.7 Å². The Morgan fingerprint density at radius 3 is 2.77 bits per heavy atom. The van der Waals surface area contributed by atoms with Gasteiger partial charge >= 0.3 is 0 Å². The number of furan rings is 1. The summed E-state index contributed by atoms with van der Waals surface area (Å²) in [7, 11) is 1.62. The molecule has 26 heavy (non-hydrogen) atoms. The number of carbonyl (C=O) groups is 1. The largest absolute Gasteiger partial charge is 0.497 e. The van der Waals surface area contributed by atoms with Crippen LogP contribution in [0.5, 0.6) is 5.75 Å². The Morgan fingerprint density at radius 1 is 1.23 bits per heavy atom. The smallest absolute Gasteiger partial charge is 0.290 e. The van der Waals surface area contributed by atoms with Gasteiger partial charge in [0, 0.05) is 42.7 Å². The molecular formula is C21H22N2O3. The van der Waals surface area contributed by atoms with E-state index in [2.05, 4.69) is 12.2 Å². The van der Waals surface area contributed by atoms with Crippen LogP contribution in [-0.2, 0) is 0 Å². The van der Waals surface area contributed by atoms with Crippen LogP contribution in [0.15, 0.2) is 52.9 Å². The summed E-state index contributed by atoms with van der Waals surface area (Å²) in [6, 6.07) is 15.9. The lowest BCUT2D eigenvalue weighted by molar-refractivity contribution is 0.0680. The molecule has 1 aromatic heterocycles. The fourth-order valence-corrected chi connectivity index (χ4v) is 3.51. The van der Waals surface area contributed by atoms with Crippen molar-refractivity contribution in [1.29, 1.82) is 0 Å². The van der Waals surface area contributed by atoms with Gasteiger partial charge in [-0.3, -0.25) is 4.79 Å². The molecule has 1 unspecified atom stereocenters. The van der Waals surface area contributed by atoms with Crippen LogP contribution in [0, 0.1) is 0 Å². The van der Waals surface area contributed by atoms with Gasteiger partial charge in [-0.1, -0.05) is 30.3 Å². The van der Waals surface area contributed by atoms with Crippen LogP contribution < -0.4 is 10.1 Å². The maximum Gasteiger partial charge on any atom is 0.290 e. The zero-order valence-electron chi connectivity index (χ0n) is 15.0. The fourth-order valence-electron chi connectivity index (χ4n) is 3.51. The highest BCUT2D eigenvalue weighted by Gasteiger charge is 2.28. The Morgan fingerprint density at radius 2 is 2.04 bits per heavy atom. The van der Waals surface area contributed by atoms with E-state index >= 15 is 0 Å². The lowest BCUT2D eigenvalue weighted by Crippen LogP contribution is -2.51. The summed E-state index contributed by atoms with van der Waals surface area (Å²) in [4.78, 5) is 15.1. The van der Waals surface area contributed by atoms with Crippen LogP contribution in [0.2, 0.25) is 0 Å². The number of benzene rings is 2. The van der Waals surface area contributed by atoms with E-state index in [4.69, 9.17) is 9.15 Å². The van der Waals surface area contributed by atoms with Crippen molar-refractivity contribution < 1.29 is 13.9 Å². The third-order valence-electron chi connectivity index (χ3n) is 4.81. The molecule has 2 heterocycles. The maximum absolute atomic E-state index is 13.2. The summed E-state index contributed by atoms with van der Waals surface area (Å²) in [6.07, 6.45) is 0. The van der Waals surface area contributed by atoms with Crippen molar-refractivity contribution in [3.05, 3.63) is 54.3 Å². The molecule has 0 spiro atoms. The van der Waals surface area contributed by atoms with E-state index < -0.39 is 0 Å². The molecule has 1 saturated heterocycles. The van der Waals surface area contributed by atoms with Gasteiger partial charge < -0.3 is 19.4 Å². The maximum atomic E-state index is 13.2. The van der Waals surface area contributed by atoms with Gasteiger partial charge in [0.15, 0.2) is 0 Å². The number of nitrogens with one attached hydrogen (secondary N) is 1. The highest BCUT2D eigenvalue weighted by molar-refractivity contribution is 6.08. The number of rotatable bonds is 3. The highest BCUT2D eigenvalue weighted by atomic mass is 16.5. The fraction of sp³-hybridized carbons (Fsp3) is 0.286. The minimum atomic E-state index is -0.0626. The molecule has 1 amide bonds. The number of nitrogens with zero attached hydrogens (tertiary/aromatic N) is 1. The number of hydrogen-bond acceptors (Lipinski definition) is 4. The molecule has 5 nitrogen and oxygen atoms in total. The summed E-state index contributed by atoms with van der Waals surface area (Å²) in [5.41, 5.74) is 2.48. The zero-order chi connectivity index (χ0) is 18.1. The number of hydrogen-bond donors (Lipinski definition) is 1. The van der Waals surface area contributed by atoms with Crippen LogP contribution >= 0.6 is 0 Å². The molecule has 1 N–H and O–H groups in total. The summed E-state index contributed by atoms with van der Waals surface area (Å²) >= 11 is 0. The molecule has 2 aromatic carbocycles. The first kappa shape index (κ1) is 16.7. The second kappa shape index (κ2) is 6.84. The van der Waals surface area contributed by atoms with Crippen LogP contribution in [0.3, 0.4) is 0 Å². The Bertz CT molecular complexity index is 933. The summed E-state index contributed by atoms with van der Waals surface area (Å²) in [5.74, 6) is 1.04. The third-order valence-corrected chi connectivity index (χ3v) is 4.81. The molecule has 1 fully saturated rings. The minimum absolute atomic E-state index is 0.0626. The zero-order valence-corrected chi connectivity index (χ0v) is 15.0. The van der Waals surface area contributed by atoms with E-state index in [1.54, 1.807) is 7.11 Å². The second-order valence-electron chi connectivity index (χ2n) is 6.64. The molecule has 5 heteroatoms. The molecule has 0 radical (unpaired) electrons.